The molecular formula is C27H31N5O5. The molecule has 2 aromatic carbocycles. The molecule has 1 aliphatic heterocycles. The summed E-state index contributed by atoms with van der Waals surface area (Å²) in [6, 6.07) is 14.0. The van der Waals surface area contributed by atoms with Crippen LogP contribution in [0.3, 0.4) is 0 Å². The number of hydrogen-bond acceptors (Lipinski definition) is 7. The van der Waals surface area contributed by atoms with Gasteiger partial charge >= 0.3 is 0 Å². The fraction of sp³-hybridized carbons (Fsp3) is 0.333. The minimum absolute atomic E-state index is 0.00855. The van der Waals surface area contributed by atoms with Crippen LogP contribution in [0.5, 0.6) is 0 Å². The molecule has 10 nitrogen and oxygen atoms in total. The van der Waals surface area contributed by atoms with Crippen LogP contribution in [-0.2, 0) is 28.2 Å². The molecule has 2 amide bonds. The van der Waals surface area contributed by atoms with Crippen molar-refractivity contribution >= 4 is 28.9 Å². The Labute approximate surface area is 214 Å². The van der Waals surface area contributed by atoms with Gasteiger partial charge in [-0.2, -0.15) is 0 Å². The number of aliphatic hydroxyl groups is 3. The van der Waals surface area contributed by atoms with Gasteiger partial charge in [-0.05, 0) is 43.7 Å². The van der Waals surface area contributed by atoms with E-state index in [-0.39, 0.29) is 6.61 Å². The van der Waals surface area contributed by atoms with Gasteiger partial charge < -0.3 is 20.6 Å². The van der Waals surface area contributed by atoms with Crippen LogP contribution in [0.2, 0.25) is 0 Å². The Kier molecular flexibility index (Phi) is 7.82. The molecule has 0 aliphatic carbocycles. The summed E-state index contributed by atoms with van der Waals surface area (Å²) in [5.74, 6) is -1.68. The zero-order valence-corrected chi connectivity index (χ0v) is 20.8. The molecule has 10 heteroatoms. The summed E-state index contributed by atoms with van der Waals surface area (Å²) < 4.78 is 1.68. The Bertz CT molecular complexity index is 1290. The van der Waals surface area contributed by atoms with E-state index in [1.807, 2.05) is 24.3 Å². The number of hydrogen-bond donors (Lipinski definition) is 4. The molecule has 194 valence electrons. The first-order valence-corrected chi connectivity index (χ1v) is 12.2. The molecule has 0 bridgehead atoms. The smallest absolute Gasteiger partial charge is 0.268 e. The van der Waals surface area contributed by atoms with Crippen LogP contribution in [0, 0.1) is 5.92 Å². The maximum absolute atomic E-state index is 13.8. The van der Waals surface area contributed by atoms with Crippen molar-refractivity contribution in [3.05, 3.63) is 78.1 Å². The first-order valence-electron chi connectivity index (χ1n) is 12.2. The summed E-state index contributed by atoms with van der Waals surface area (Å²) in [4.78, 5) is 27.3. The number of benzene rings is 2. The van der Waals surface area contributed by atoms with Crippen LogP contribution < -0.4 is 10.2 Å². The fourth-order valence-electron chi connectivity index (χ4n) is 4.35. The molecular weight excluding hydrogens is 474 g/mol. The number of fused-ring (bicyclic) bond motifs is 1. The molecule has 4 rings (SSSR count). The Morgan fingerprint density at radius 1 is 1.19 bits per heavy atom. The Morgan fingerprint density at radius 2 is 1.95 bits per heavy atom. The lowest BCUT2D eigenvalue weighted by atomic mass is 9.82. The normalized spacial score (nSPS) is 18.7. The summed E-state index contributed by atoms with van der Waals surface area (Å²) >= 11 is 0. The molecule has 2 heterocycles. The van der Waals surface area contributed by atoms with E-state index in [0.29, 0.717) is 47.7 Å². The van der Waals surface area contributed by atoms with Gasteiger partial charge in [0.15, 0.2) is 5.60 Å². The van der Waals surface area contributed by atoms with Gasteiger partial charge in [-0.1, -0.05) is 42.5 Å². The van der Waals surface area contributed by atoms with E-state index in [4.69, 9.17) is 5.11 Å². The van der Waals surface area contributed by atoms with Gasteiger partial charge in [-0.3, -0.25) is 19.2 Å². The first-order chi connectivity index (χ1) is 17.8. The van der Waals surface area contributed by atoms with E-state index in [1.54, 1.807) is 54.2 Å². The minimum atomic E-state index is -1.88. The van der Waals surface area contributed by atoms with Gasteiger partial charge in [0.1, 0.15) is 6.10 Å². The third-order valence-corrected chi connectivity index (χ3v) is 6.40. The molecule has 3 aromatic rings. The van der Waals surface area contributed by atoms with Crippen molar-refractivity contribution in [2.45, 2.75) is 44.9 Å². The number of carbonyl (C=O) groups is 2. The SMILES string of the molecule is C[C@H](O)C(=O)Nc1ccc2c(c1)[C@@](O)([C@H](C)/C=C/CCn1cc(CCO)nn1)C(=O)N2c1ccccc1. The number of nitrogens with zero attached hydrogens (tertiary/aromatic N) is 4. The highest BCUT2D eigenvalue weighted by Gasteiger charge is 2.53. The molecule has 0 saturated carbocycles. The number of amides is 2. The molecule has 1 aromatic heterocycles. The van der Waals surface area contributed by atoms with E-state index in [9.17, 15) is 19.8 Å². The van der Waals surface area contributed by atoms with Crippen LogP contribution in [-0.4, -0.2) is 54.8 Å². The van der Waals surface area contributed by atoms with Gasteiger partial charge in [0, 0.05) is 48.6 Å². The highest BCUT2D eigenvalue weighted by Crippen LogP contribution is 2.49. The Balaban J connectivity index is 1.61. The van der Waals surface area contributed by atoms with Crippen molar-refractivity contribution in [3.8, 4) is 0 Å². The zero-order valence-electron chi connectivity index (χ0n) is 20.8. The number of anilines is 3. The van der Waals surface area contributed by atoms with Crippen LogP contribution >= 0.6 is 0 Å². The summed E-state index contributed by atoms with van der Waals surface area (Å²) in [7, 11) is 0. The molecule has 37 heavy (non-hydrogen) atoms. The van der Waals surface area contributed by atoms with Crippen LogP contribution in [0.15, 0.2) is 66.9 Å². The van der Waals surface area contributed by atoms with Crippen molar-refractivity contribution in [1.29, 1.82) is 0 Å². The van der Waals surface area contributed by atoms with Gasteiger partial charge in [0.2, 0.25) is 0 Å². The number of carbonyl (C=O) groups excluding carboxylic acids is 2. The number of rotatable bonds is 10. The second-order valence-corrected chi connectivity index (χ2v) is 9.09. The van der Waals surface area contributed by atoms with Crippen LogP contribution in [0.25, 0.3) is 0 Å². The molecule has 0 radical (unpaired) electrons. The van der Waals surface area contributed by atoms with Crippen molar-refractivity contribution in [1.82, 2.24) is 15.0 Å². The fourth-order valence-corrected chi connectivity index (χ4v) is 4.35. The lowest BCUT2D eigenvalue weighted by Gasteiger charge is -2.28. The molecule has 0 unspecified atom stereocenters. The number of nitrogens with one attached hydrogen (secondary N) is 1. The van der Waals surface area contributed by atoms with E-state index in [0.717, 1.165) is 0 Å². The quantitative estimate of drug-likeness (QED) is 0.310. The largest absolute Gasteiger partial charge is 0.396 e. The molecule has 0 spiro atoms. The lowest BCUT2D eigenvalue weighted by molar-refractivity contribution is -0.138. The second-order valence-electron chi connectivity index (χ2n) is 9.09. The molecule has 3 atom stereocenters. The predicted molar refractivity (Wildman–Crippen MR) is 138 cm³/mol. The molecule has 1 aliphatic rings. The highest BCUT2D eigenvalue weighted by atomic mass is 16.3. The first kappa shape index (κ1) is 26.2. The van der Waals surface area contributed by atoms with E-state index < -0.39 is 29.4 Å². The van der Waals surface area contributed by atoms with Crippen LogP contribution in [0.4, 0.5) is 17.1 Å². The van der Waals surface area contributed by atoms with Crippen molar-refractivity contribution in [3.63, 3.8) is 0 Å². The average molecular weight is 506 g/mol. The van der Waals surface area contributed by atoms with E-state index >= 15 is 0 Å². The van der Waals surface area contributed by atoms with Crippen molar-refractivity contribution in [2.24, 2.45) is 5.92 Å². The standard InChI is InChI=1S/C27H31N5O5/c1-18(8-6-7-14-31-17-21(13-15-33)29-30-31)27(37)23-16-20(28-25(35)19(2)34)11-12-24(23)32(26(27)36)22-9-4-3-5-10-22/h3-6,8-12,16-19,33-34,37H,7,13-15H2,1-2H3,(H,28,35)/b8-6+/t18-,19+,27+/m1/s1. The third-order valence-electron chi connectivity index (χ3n) is 6.40. The lowest BCUT2D eigenvalue weighted by Crippen LogP contribution is -2.42. The van der Waals surface area contributed by atoms with Gasteiger partial charge in [-0.15, -0.1) is 5.10 Å². The van der Waals surface area contributed by atoms with Gasteiger partial charge in [0.05, 0.1) is 11.4 Å². The van der Waals surface area contributed by atoms with E-state index in [1.165, 1.54) is 11.8 Å². The minimum Gasteiger partial charge on any atom is -0.396 e. The topological polar surface area (TPSA) is 141 Å². The van der Waals surface area contributed by atoms with Crippen molar-refractivity contribution in [2.75, 3.05) is 16.8 Å². The summed E-state index contributed by atoms with van der Waals surface area (Å²) in [6.45, 7) is 3.69. The average Bonchev–Trinajstić information content (AvgIpc) is 3.43. The summed E-state index contributed by atoms with van der Waals surface area (Å²) in [5.41, 5.74) is 0.703. The predicted octanol–water partition coefficient (Wildman–Crippen LogP) is 2.28. The Morgan fingerprint density at radius 3 is 2.65 bits per heavy atom. The number of aryl methyl sites for hydroxylation is 1. The zero-order chi connectivity index (χ0) is 26.6. The maximum atomic E-state index is 13.8. The summed E-state index contributed by atoms with van der Waals surface area (Å²) in [6.07, 6.45) is 5.28. The monoisotopic (exact) mass is 505 g/mol. The highest BCUT2D eigenvalue weighted by molar-refractivity contribution is 6.12. The Hall–Kier alpha value is -3.86. The van der Waals surface area contributed by atoms with Crippen LogP contribution in [0.1, 0.15) is 31.5 Å². The number of allylic oxidation sites excluding steroid dienone is 1. The molecule has 4 N–H and O–H groups in total. The number of aromatic nitrogens is 3. The summed E-state index contributed by atoms with van der Waals surface area (Å²) in [5, 5.41) is 41.2. The maximum Gasteiger partial charge on any atom is 0.268 e. The third kappa shape index (κ3) is 5.31. The van der Waals surface area contributed by atoms with E-state index in [2.05, 4.69) is 15.6 Å². The van der Waals surface area contributed by atoms with Gasteiger partial charge in [-0.25, -0.2) is 0 Å². The number of para-hydroxylation sites is 1. The van der Waals surface area contributed by atoms with Crippen molar-refractivity contribution < 1.29 is 24.9 Å². The molecule has 0 fully saturated rings. The number of aliphatic hydroxyl groups excluding tert-OH is 2. The second kappa shape index (κ2) is 11.0. The van der Waals surface area contributed by atoms with Gasteiger partial charge in [0.25, 0.3) is 11.8 Å². The molecule has 0 saturated heterocycles.